The van der Waals surface area contributed by atoms with Gasteiger partial charge in [0.25, 0.3) is 0 Å². The lowest BCUT2D eigenvalue weighted by Crippen LogP contribution is -2.41. The minimum atomic E-state index is -4.75. The molecule has 0 bridgehead atoms. The molecule has 0 saturated heterocycles. The van der Waals surface area contributed by atoms with Crippen LogP contribution in [-0.4, -0.2) is 11.8 Å². The molecule has 0 N–H and O–H groups in total. The number of allylic oxidation sites excluding steroid dienone is 6. The molecule has 0 atom stereocenters. The van der Waals surface area contributed by atoms with Gasteiger partial charge in [0.2, 0.25) is 0 Å². The van der Waals surface area contributed by atoms with E-state index in [0.29, 0.717) is 12.5 Å². The van der Waals surface area contributed by atoms with E-state index in [0.717, 1.165) is 6.08 Å². The number of hydrogen-bond acceptors (Lipinski definition) is 0. The van der Waals surface area contributed by atoms with Gasteiger partial charge in [-0.3, -0.25) is 0 Å². The molecule has 5 heteroatoms. The van der Waals surface area contributed by atoms with Crippen LogP contribution in [0, 0.1) is 0 Å². The largest absolute Gasteiger partial charge is 0.365 e. The number of alkyl halides is 4. The molecule has 0 aliphatic heterocycles. The first kappa shape index (κ1) is 11.9. The Morgan fingerprint density at radius 3 is 2.40 bits per heavy atom. The molecule has 0 nitrogen and oxygen atoms in total. The first-order valence-corrected chi connectivity index (χ1v) is 4.34. The van der Waals surface area contributed by atoms with Crippen LogP contribution < -0.4 is 0 Å². The van der Waals surface area contributed by atoms with Crippen molar-refractivity contribution in [3.05, 3.63) is 35.7 Å². The summed E-state index contributed by atoms with van der Waals surface area (Å²) in [6.07, 6.45) is 3.67. The summed E-state index contributed by atoms with van der Waals surface area (Å²) in [7, 11) is 0. The second-order valence-corrected chi connectivity index (χ2v) is 3.11. The highest BCUT2D eigenvalue weighted by molar-refractivity contribution is 5.42. The third-order valence-electron chi connectivity index (χ3n) is 1.95. The highest BCUT2D eigenvalue weighted by Crippen LogP contribution is 2.45. The molecule has 0 aromatic heterocycles. The molecule has 0 spiro atoms. The SMILES string of the molecule is CCC=CC1=C(F)C(F)(F)C(F)(F)C=C1. The zero-order valence-electron chi connectivity index (χ0n) is 7.91. The van der Waals surface area contributed by atoms with Crippen molar-refractivity contribution in [3.8, 4) is 0 Å². The standard InChI is InChI=1S/C10H9F5/c1-2-3-4-7-5-6-9(12,13)10(14,15)8(7)11/h3-6H,2H2,1H3. The van der Waals surface area contributed by atoms with Gasteiger partial charge in [-0.1, -0.05) is 25.2 Å². The topological polar surface area (TPSA) is 0 Å². The predicted octanol–water partition coefficient (Wildman–Crippen LogP) is 4.02. The quantitative estimate of drug-likeness (QED) is 0.621. The molecule has 0 amide bonds. The Labute approximate surface area is 83.8 Å². The number of halogens is 5. The van der Waals surface area contributed by atoms with Crippen LogP contribution in [0.4, 0.5) is 22.0 Å². The van der Waals surface area contributed by atoms with Crippen molar-refractivity contribution in [2.75, 3.05) is 0 Å². The van der Waals surface area contributed by atoms with Crippen LogP contribution in [0.15, 0.2) is 35.7 Å². The highest BCUT2D eigenvalue weighted by atomic mass is 19.3. The molecule has 0 unspecified atom stereocenters. The Kier molecular flexibility index (Phi) is 3.02. The van der Waals surface area contributed by atoms with Crippen LogP contribution >= 0.6 is 0 Å². The molecule has 0 aromatic rings. The smallest absolute Gasteiger partial charge is 0.204 e. The van der Waals surface area contributed by atoms with Gasteiger partial charge >= 0.3 is 11.8 Å². The molecule has 0 saturated carbocycles. The third kappa shape index (κ3) is 1.96. The van der Waals surface area contributed by atoms with Crippen LogP contribution in [0.1, 0.15) is 13.3 Å². The Morgan fingerprint density at radius 1 is 1.27 bits per heavy atom. The normalized spacial score (nSPS) is 23.9. The lowest BCUT2D eigenvalue weighted by Gasteiger charge is -2.26. The minimum absolute atomic E-state index is 0.0193. The number of hydrogen-bond donors (Lipinski definition) is 0. The van der Waals surface area contributed by atoms with E-state index in [1.54, 1.807) is 6.92 Å². The molecule has 0 aromatic carbocycles. The van der Waals surface area contributed by atoms with Gasteiger partial charge < -0.3 is 0 Å². The average Bonchev–Trinajstić information content (AvgIpc) is 2.15. The van der Waals surface area contributed by atoms with Gasteiger partial charge in [-0.2, -0.15) is 17.6 Å². The summed E-state index contributed by atoms with van der Waals surface area (Å²) in [5.74, 6) is -11.3. The molecule has 84 valence electrons. The van der Waals surface area contributed by atoms with Crippen molar-refractivity contribution in [3.63, 3.8) is 0 Å². The van der Waals surface area contributed by atoms with Gasteiger partial charge in [-0.05, 0) is 12.5 Å². The van der Waals surface area contributed by atoms with Gasteiger partial charge in [0.05, 0.1) is 0 Å². The molecule has 1 aliphatic carbocycles. The van der Waals surface area contributed by atoms with Gasteiger partial charge in [-0.15, -0.1) is 0 Å². The molecule has 0 fully saturated rings. The van der Waals surface area contributed by atoms with Crippen LogP contribution in [0.2, 0.25) is 0 Å². The Morgan fingerprint density at radius 2 is 1.87 bits per heavy atom. The summed E-state index contributed by atoms with van der Waals surface area (Å²) >= 11 is 0. The average molecular weight is 224 g/mol. The van der Waals surface area contributed by atoms with Crippen LogP contribution in [0.5, 0.6) is 0 Å². The van der Waals surface area contributed by atoms with E-state index in [1.807, 2.05) is 0 Å². The maximum atomic E-state index is 13.0. The zero-order chi connectivity index (χ0) is 11.7. The van der Waals surface area contributed by atoms with Crippen molar-refractivity contribution in [1.82, 2.24) is 0 Å². The summed E-state index contributed by atoms with van der Waals surface area (Å²) in [5, 5.41) is 0. The van der Waals surface area contributed by atoms with Gasteiger partial charge in [0, 0.05) is 5.57 Å². The van der Waals surface area contributed by atoms with Crippen LogP contribution in [-0.2, 0) is 0 Å². The van der Waals surface area contributed by atoms with Gasteiger partial charge in [0.15, 0.2) is 5.83 Å². The molecule has 0 radical (unpaired) electrons. The van der Waals surface area contributed by atoms with E-state index in [9.17, 15) is 22.0 Å². The maximum Gasteiger partial charge on any atom is 0.365 e. The summed E-state index contributed by atoms with van der Waals surface area (Å²) in [4.78, 5) is 0. The summed E-state index contributed by atoms with van der Waals surface area (Å²) < 4.78 is 63.7. The Hall–Kier alpha value is -1.13. The van der Waals surface area contributed by atoms with E-state index in [-0.39, 0.29) is 6.08 Å². The molecular formula is C10H9F5. The van der Waals surface area contributed by atoms with E-state index in [2.05, 4.69) is 0 Å². The first-order valence-electron chi connectivity index (χ1n) is 4.34. The Balaban J connectivity index is 3.13. The van der Waals surface area contributed by atoms with Gasteiger partial charge in [-0.25, -0.2) is 4.39 Å². The van der Waals surface area contributed by atoms with Crippen molar-refractivity contribution in [2.45, 2.75) is 25.2 Å². The second kappa shape index (κ2) is 3.79. The van der Waals surface area contributed by atoms with Crippen LogP contribution in [0.25, 0.3) is 0 Å². The molecule has 1 rings (SSSR count). The molecule has 1 aliphatic rings. The lowest BCUT2D eigenvalue weighted by atomic mass is 9.98. The van der Waals surface area contributed by atoms with Crippen molar-refractivity contribution in [1.29, 1.82) is 0 Å². The number of rotatable bonds is 2. The second-order valence-electron chi connectivity index (χ2n) is 3.11. The first-order chi connectivity index (χ1) is 6.83. The van der Waals surface area contributed by atoms with Crippen LogP contribution in [0.3, 0.4) is 0 Å². The fourth-order valence-corrected chi connectivity index (χ4v) is 1.07. The summed E-state index contributed by atoms with van der Waals surface area (Å²) in [5.41, 5.74) is -0.507. The monoisotopic (exact) mass is 224 g/mol. The lowest BCUT2D eigenvalue weighted by molar-refractivity contribution is -0.166. The summed E-state index contributed by atoms with van der Waals surface area (Å²) in [6, 6.07) is 0. The van der Waals surface area contributed by atoms with Crippen molar-refractivity contribution < 1.29 is 22.0 Å². The molecular weight excluding hydrogens is 215 g/mol. The summed E-state index contributed by atoms with van der Waals surface area (Å²) in [6.45, 7) is 1.72. The Bertz CT molecular complexity index is 336. The van der Waals surface area contributed by atoms with E-state index in [1.165, 1.54) is 6.08 Å². The van der Waals surface area contributed by atoms with E-state index >= 15 is 0 Å². The molecule has 15 heavy (non-hydrogen) atoms. The minimum Gasteiger partial charge on any atom is -0.204 e. The highest BCUT2D eigenvalue weighted by Gasteiger charge is 2.60. The predicted molar refractivity (Wildman–Crippen MR) is 46.6 cm³/mol. The maximum absolute atomic E-state index is 13.0. The van der Waals surface area contributed by atoms with E-state index < -0.39 is 23.2 Å². The van der Waals surface area contributed by atoms with E-state index in [4.69, 9.17) is 0 Å². The van der Waals surface area contributed by atoms with Crippen molar-refractivity contribution >= 4 is 0 Å². The van der Waals surface area contributed by atoms with Crippen molar-refractivity contribution in [2.24, 2.45) is 0 Å². The zero-order valence-corrected chi connectivity index (χ0v) is 7.91. The fraction of sp³-hybridized carbons (Fsp3) is 0.400. The molecule has 0 heterocycles. The van der Waals surface area contributed by atoms with Gasteiger partial charge in [0.1, 0.15) is 0 Å². The third-order valence-corrected chi connectivity index (χ3v) is 1.95. The fourth-order valence-electron chi connectivity index (χ4n) is 1.07.